The van der Waals surface area contributed by atoms with Gasteiger partial charge in [0.1, 0.15) is 4.99 Å². The molecule has 0 fully saturated rings. The van der Waals surface area contributed by atoms with Crippen LogP contribution in [0.3, 0.4) is 0 Å². The first kappa shape index (κ1) is 15.5. The molecule has 5 heteroatoms. The third-order valence-corrected chi connectivity index (χ3v) is 4.26. The Bertz CT molecular complexity index is 654. The number of carbonyl (C=O) groups is 1. The molecule has 108 valence electrons. The van der Waals surface area contributed by atoms with Gasteiger partial charge >= 0.3 is 5.97 Å². The molecule has 0 unspecified atom stereocenters. The van der Waals surface area contributed by atoms with Gasteiger partial charge in [0.15, 0.2) is 0 Å². The van der Waals surface area contributed by atoms with Crippen LogP contribution in [0.25, 0.3) is 0 Å². The van der Waals surface area contributed by atoms with Crippen molar-refractivity contribution < 1.29 is 9.90 Å². The van der Waals surface area contributed by atoms with E-state index in [-0.39, 0.29) is 0 Å². The molecule has 3 nitrogen and oxygen atoms in total. The number of aromatic carboxylic acids is 1. The normalized spacial score (nSPS) is 10.3. The average Bonchev–Trinajstić information content (AvgIpc) is 2.48. The lowest BCUT2D eigenvalue weighted by atomic mass is 10.1. The number of rotatable bonds is 6. The van der Waals surface area contributed by atoms with Crippen molar-refractivity contribution in [2.24, 2.45) is 5.73 Å². The summed E-state index contributed by atoms with van der Waals surface area (Å²) in [4.78, 5) is 11.3. The zero-order valence-electron chi connectivity index (χ0n) is 11.3. The molecule has 0 saturated carbocycles. The van der Waals surface area contributed by atoms with E-state index in [0.29, 0.717) is 10.6 Å². The van der Waals surface area contributed by atoms with Crippen LogP contribution in [0.4, 0.5) is 0 Å². The smallest absolute Gasteiger partial charge is 0.335 e. The largest absolute Gasteiger partial charge is 0.478 e. The SMILES string of the molecule is NC(=S)c1ccc(CSCc2cccc(C(=O)O)c2)cc1. The second-order valence-corrected chi connectivity index (χ2v) is 5.98. The van der Waals surface area contributed by atoms with Crippen molar-refractivity contribution in [3.63, 3.8) is 0 Å². The number of carboxylic acid groups (broad SMARTS) is 1. The summed E-state index contributed by atoms with van der Waals surface area (Å²) in [6, 6.07) is 14.9. The summed E-state index contributed by atoms with van der Waals surface area (Å²) in [5.41, 5.74) is 8.96. The van der Waals surface area contributed by atoms with Gasteiger partial charge < -0.3 is 10.8 Å². The van der Waals surface area contributed by atoms with Crippen LogP contribution >= 0.6 is 24.0 Å². The number of thioether (sulfide) groups is 1. The van der Waals surface area contributed by atoms with E-state index in [0.717, 1.165) is 22.6 Å². The molecule has 2 aromatic carbocycles. The third-order valence-electron chi connectivity index (χ3n) is 2.95. The molecule has 0 aliphatic carbocycles. The Balaban J connectivity index is 1.90. The number of hydrogen-bond donors (Lipinski definition) is 2. The van der Waals surface area contributed by atoms with Crippen LogP contribution in [0.5, 0.6) is 0 Å². The van der Waals surface area contributed by atoms with Gasteiger partial charge in [0.25, 0.3) is 0 Å². The second kappa shape index (κ2) is 7.24. The highest BCUT2D eigenvalue weighted by molar-refractivity contribution is 7.97. The van der Waals surface area contributed by atoms with E-state index in [1.165, 1.54) is 5.56 Å². The van der Waals surface area contributed by atoms with Gasteiger partial charge in [-0.15, -0.1) is 0 Å². The Hall–Kier alpha value is -1.85. The second-order valence-electron chi connectivity index (χ2n) is 4.56. The monoisotopic (exact) mass is 317 g/mol. The van der Waals surface area contributed by atoms with E-state index in [2.05, 4.69) is 0 Å². The predicted molar refractivity (Wildman–Crippen MR) is 90.7 cm³/mol. The summed E-state index contributed by atoms with van der Waals surface area (Å²) < 4.78 is 0. The molecule has 0 saturated heterocycles. The first-order chi connectivity index (χ1) is 10.1. The summed E-state index contributed by atoms with van der Waals surface area (Å²) in [7, 11) is 0. The first-order valence-corrected chi connectivity index (χ1v) is 7.91. The average molecular weight is 317 g/mol. The molecular formula is C16H15NO2S2. The molecular weight excluding hydrogens is 302 g/mol. The number of carboxylic acids is 1. The van der Waals surface area contributed by atoms with Gasteiger partial charge in [-0.25, -0.2) is 4.79 Å². The molecule has 0 aromatic heterocycles. The van der Waals surface area contributed by atoms with Gasteiger partial charge in [-0.05, 0) is 23.3 Å². The van der Waals surface area contributed by atoms with E-state index < -0.39 is 5.97 Å². The van der Waals surface area contributed by atoms with Crippen molar-refractivity contribution in [3.05, 3.63) is 70.8 Å². The van der Waals surface area contributed by atoms with Crippen LogP contribution in [0.1, 0.15) is 27.0 Å². The van der Waals surface area contributed by atoms with Crippen molar-refractivity contribution in [2.45, 2.75) is 11.5 Å². The third kappa shape index (κ3) is 4.58. The van der Waals surface area contributed by atoms with Gasteiger partial charge in [-0.3, -0.25) is 0 Å². The lowest BCUT2D eigenvalue weighted by molar-refractivity contribution is 0.0697. The maximum Gasteiger partial charge on any atom is 0.335 e. The quantitative estimate of drug-likeness (QED) is 0.799. The van der Waals surface area contributed by atoms with Crippen LogP contribution in [0.15, 0.2) is 48.5 Å². The number of benzene rings is 2. The van der Waals surface area contributed by atoms with Gasteiger partial charge in [0.2, 0.25) is 0 Å². The minimum absolute atomic E-state index is 0.328. The molecule has 0 bridgehead atoms. The van der Waals surface area contributed by atoms with Crippen LogP contribution in [0, 0.1) is 0 Å². The topological polar surface area (TPSA) is 63.3 Å². The van der Waals surface area contributed by atoms with Gasteiger partial charge in [0, 0.05) is 17.1 Å². The highest BCUT2D eigenvalue weighted by Gasteiger charge is 2.03. The fourth-order valence-corrected chi connectivity index (χ4v) is 2.93. The molecule has 2 aromatic rings. The summed E-state index contributed by atoms with van der Waals surface area (Å²) >= 11 is 6.65. The molecule has 2 rings (SSSR count). The number of thiocarbonyl (C=S) groups is 1. The molecule has 0 heterocycles. The van der Waals surface area contributed by atoms with Gasteiger partial charge in [-0.1, -0.05) is 48.6 Å². The van der Waals surface area contributed by atoms with Gasteiger partial charge in [-0.2, -0.15) is 11.8 Å². The van der Waals surface area contributed by atoms with Crippen molar-refractivity contribution in [1.82, 2.24) is 0 Å². The van der Waals surface area contributed by atoms with E-state index in [1.807, 2.05) is 30.3 Å². The highest BCUT2D eigenvalue weighted by Crippen LogP contribution is 2.19. The Morgan fingerprint density at radius 3 is 2.33 bits per heavy atom. The molecule has 0 aliphatic rings. The lowest BCUT2D eigenvalue weighted by Gasteiger charge is -2.05. The number of nitrogens with two attached hydrogens (primary N) is 1. The van der Waals surface area contributed by atoms with E-state index in [4.69, 9.17) is 23.1 Å². The summed E-state index contributed by atoms with van der Waals surface area (Å²) in [6.07, 6.45) is 0. The lowest BCUT2D eigenvalue weighted by Crippen LogP contribution is -2.08. The van der Waals surface area contributed by atoms with E-state index >= 15 is 0 Å². The van der Waals surface area contributed by atoms with Crippen molar-refractivity contribution >= 4 is 34.9 Å². The van der Waals surface area contributed by atoms with E-state index in [9.17, 15) is 4.79 Å². The summed E-state index contributed by atoms with van der Waals surface area (Å²) in [6.45, 7) is 0. The maximum atomic E-state index is 10.9. The van der Waals surface area contributed by atoms with Crippen LogP contribution in [-0.2, 0) is 11.5 Å². The minimum Gasteiger partial charge on any atom is -0.478 e. The fraction of sp³-hybridized carbons (Fsp3) is 0.125. The Kier molecular flexibility index (Phi) is 5.36. The molecule has 0 spiro atoms. The highest BCUT2D eigenvalue weighted by atomic mass is 32.2. The maximum absolute atomic E-state index is 10.9. The fourth-order valence-electron chi connectivity index (χ4n) is 1.85. The minimum atomic E-state index is -0.893. The van der Waals surface area contributed by atoms with Crippen molar-refractivity contribution in [2.75, 3.05) is 0 Å². The van der Waals surface area contributed by atoms with Crippen molar-refractivity contribution in [3.8, 4) is 0 Å². The molecule has 0 amide bonds. The predicted octanol–water partition coefficient (Wildman–Crippen LogP) is 3.45. The van der Waals surface area contributed by atoms with Crippen molar-refractivity contribution in [1.29, 1.82) is 0 Å². The summed E-state index contributed by atoms with van der Waals surface area (Å²) in [5.74, 6) is 0.739. The molecule has 0 radical (unpaired) electrons. The molecule has 0 atom stereocenters. The zero-order chi connectivity index (χ0) is 15.2. The Morgan fingerprint density at radius 2 is 1.71 bits per heavy atom. The summed E-state index contributed by atoms with van der Waals surface area (Å²) in [5, 5.41) is 8.96. The Labute approximate surface area is 133 Å². The number of hydrogen-bond acceptors (Lipinski definition) is 3. The van der Waals surface area contributed by atoms with Gasteiger partial charge in [0.05, 0.1) is 5.56 Å². The van der Waals surface area contributed by atoms with E-state index in [1.54, 1.807) is 30.0 Å². The standard InChI is InChI=1S/C16H15NO2S2/c17-15(20)13-6-4-11(5-7-13)9-21-10-12-2-1-3-14(8-12)16(18)19/h1-8H,9-10H2,(H2,17,20)(H,18,19). The first-order valence-electron chi connectivity index (χ1n) is 6.35. The molecule has 0 aliphatic heterocycles. The Morgan fingerprint density at radius 1 is 1.05 bits per heavy atom. The molecule has 21 heavy (non-hydrogen) atoms. The van der Waals surface area contributed by atoms with Crippen LogP contribution < -0.4 is 5.73 Å². The van der Waals surface area contributed by atoms with Crippen LogP contribution in [0.2, 0.25) is 0 Å². The molecule has 3 N–H and O–H groups in total. The van der Waals surface area contributed by atoms with Crippen LogP contribution in [-0.4, -0.2) is 16.1 Å². The zero-order valence-corrected chi connectivity index (χ0v) is 12.9.